The number of benzene rings is 1. The van der Waals surface area contributed by atoms with Crippen molar-refractivity contribution < 1.29 is 18.8 Å². The number of H-pyrrole nitrogens is 1. The van der Waals surface area contributed by atoms with E-state index in [0.29, 0.717) is 29.8 Å². The summed E-state index contributed by atoms with van der Waals surface area (Å²) < 4.78 is 13.4. The third-order valence-corrected chi connectivity index (χ3v) is 4.83. The summed E-state index contributed by atoms with van der Waals surface area (Å²) in [6.07, 6.45) is 2.49. The molecule has 26 heavy (non-hydrogen) atoms. The summed E-state index contributed by atoms with van der Waals surface area (Å²) in [6, 6.07) is 3.47. The molecule has 1 atom stereocenters. The third-order valence-electron chi connectivity index (χ3n) is 4.83. The Morgan fingerprint density at radius 1 is 1.31 bits per heavy atom. The standard InChI is InChI=1S/C17H18FN5O3/c18-10-4-5-11-12(7-10)21-16(20-11)13-3-1-2-6-22(13)15(25)9-23-14(24)8-19-17(23)26/h4-5,7,13H,1-3,6,8-9H2,(H,19,26)(H,20,21)/t13-/m1/s1. The monoisotopic (exact) mass is 359 g/mol. The van der Waals surface area contributed by atoms with Gasteiger partial charge in [0, 0.05) is 6.54 Å². The molecule has 2 N–H and O–H groups in total. The van der Waals surface area contributed by atoms with E-state index in [1.165, 1.54) is 12.1 Å². The van der Waals surface area contributed by atoms with Crippen LogP contribution in [0.5, 0.6) is 0 Å². The molecule has 2 aromatic rings. The Bertz CT molecular complexity index is 880. The Morgan fingerprint density at radius 2 is 2.15 bits per heavy atom. The molecule has 2 aliphatic rings. The fourth-order valence-corrected chi connectivity index (χ4v) is 3.52. The average molecular weight is 359 g/mol. The van der Waals surface area contributed by atoms with Crippen LogP contribution in [0.2, 0.25) is 0 Å². The molecular weight excluding hydrogens is 341 g/mol. The van der Waals surface area contributed by atoms with Crippen LogP contribution in [0.1, 0.15) is 31.1 Å². The van der Waals surface area contributed by atoms with Crippen LogP contribution in [0.15, 0.2) is 18.2 Å². The number of imidazole rings is 1. The molecule has 3 heterocycles. The number of imide groups is 1. The quantitative estimate of drug-likeness (QED) is 0.807. The lowest BCUT2D eigenvalue weighted by Gasteiger charge is -2.35. The van der Waals surface area contributed by atoms with Crippen LogP contribution in [-0.2, 0) is 9.59 Å². The van der Waals surface area contributed by atoms with Gasteiger partial charge in [0.25, 0.3) is 5.91 Å². The Hall–Kier alpha value is -2.97. The first-order chi connectivity index (χ1) is 12.5. The van der Waals surface area contributed by atoms with Gasteiger partial charge in [-0.15, -0.1) is 0 Å². The van der Waals surface area contributed by atoms with Gasteiger partial charge < -0.3 is 15.2 Å². The third kappa shape index (κ3) is 2.89. The SMILES string of the molecule is O=C1CNC(=O)N1CC(=O)N1CCCC[C@@H]1c1nc2ccc(F)cc2[nH]1. The number of aromatic amines is 1. The normalized spacial score (nSPS) is 20.7. The van der Waals surface area contributed by atoms with Gasteiger partial charge in [-0.25, -0.2) is 14.2 Å². The van der Waals surface area contributed by atoms with Gasteiger partial charge in [0.2, 0.25) is 5.91 Å². The zero-order chi connectivity index (χ0) is 18.3. The molecule has 4 amide bonds. The van der Waals surface area contributed by atoms with E-state index in [9.17, 15) is 18.8 Å². The summed E-state index contributed by atoms with van der Waals surface area (Å²) in [5, 5.41) is 2.41. The zero-order valence-electron chi connectivity index (χ0n) is 14.0. The fraction of sp³-hybridized carbons (Fsp3) is 0.412. The van der Waals surface area contributed by atoms with Gasteiger partial charge in [-0.05, 0) is 37.5 Å². The minimum atomic E-state index is -0.545. The summed E-state index contributed by atoms with van der Waals surface area (Å²) in [7, 11) is 0. The highest BCUT2D eigenvalue weighted by Gasteiger charge is 2.35. The van der Waals surface area contributed by atoms with E-state index in [4.69, 9.17) is 0 Å². The van der Waals surface area contributed by atoms with Gasteiger partial charge in [0.1, 0.15) is 18.2 Å². The molecule has 136 valence electrons. The topological polar surface area (TPSA) is 98.4 Å². The largest absolute Gasteiger partial charge is 0.340 e. The fourth-order valence-electron chi connectivity index (χ4n) is 3.52. The first kappa shape index (κ1) is 16.5. The van der Waals surface area contributed by atoms with Crippen molar-refractivity contribution in [2.45, 2.75) is 25.3 Å². The predicted octanol–water partition coefficient (Wildman–Crippen LogP) is 1.31. The Morgan fingerprint density at radius 3 is 2.92 bits per heavy atom. The summed E-state index contributed by atoms with van der Waals surface area (Å²) >= 11 is 0. The number of piperidine rings is 1. The lowest BCUT2D eigenvalue weighted by atomic mass is 10.0. The van der Waals surface area contributed by atoms with E-state index in [1.807, 2.05) is 0 Å². The maximum absolute atomic E-state index is 13.4. The number of nitrogens with zero attached hydrogens (tertiary/aromatic N) is 3. The van der Waals surface area contributed by atoms with E-state index in [2.05, 4.69) is 15.3 Å². The molecule has 0 bridgehead atoms. The number of rotatable bonds is 3. The predicted molar refractivity (Wildman–Crippen MR) is 89.5 cm³/mol. The van der Waals surface area contributed by atoms with Crippen LogP contribution in [0.3, 0.4) is 0 Å². The first-order valence-corrected chi connectivity index (χ1v) is 8.56. The number of likely N-dealkylation sites (tertiary alicyclic amines) is 1. The van der Waals surface area contributed by atoms with Gasteiger partial charge in [0.15, 0.2) is 0 Å². The summed E-state index contributed by atoms with van der Waals surface area (Å²) in [5.41, 5.74) is 1.21. The average Bonchev–Trinajstić information content (AvgIpc) is 3.19. The van der Waals surface area contributed by atoms with E-state index in [0.717, 1.165) is 17.7 Å². The first-order valence-electron chi connectivity index (χ1n) is 8.56. The van der Waals surface area contributed by atoms with Crippen molar-refractivity contribution in [3.8, 4) is 0 Å². The number of carbonyl (C=O) groups is 3. The zero-order valence-corrected chi connectivity index (χ0v) is 14.0. The van der Waals surface area contributed by atoms with E-state index >= 15 is 0 Å². The lowest BCUT2D eigenvalue weighted by molar-refractivity contribution is -0.139. The Balaban J connectivity index is 1.58. The van der Waals surface area contributed by atoms with Crippen molar-refractivity contribution in [2.75, 3.05) is 19.6 Å². The molecule has 0 aliphatic carbocycles. The van der Waals surface area contributed by atoms with Crippen LogP contribution in [0, 0.1) is 5.82 Å². The van der Waals surface area contributed by atoms with Gasteiger partial charge in [-0.3, -0.25) is 14.5 Å². The molecule has 8 nitrogen and oxygen atoms in total. The molecular formula is C17H18FN5O3. The highest BCUT2D eigenvalue weighted by molar-refractivity contribution is 6.04. The summed E-state index contributed by atoms with van der Waals surface area (Å²) in [6.45, 7) is 0.166. The Labute approximate surface area is 148 Å². The minimum absolute atomic E-state index is 0.0787. The van der Waals surface area contributed by atoms with Crippen LogP contribution < -0.4 is 5.32 Å². The van der Waals surface area contributed by atoms with Crippen LogP contribution in [-0.4, -0.2) is 57.2 Å². The molecule has 0 saturated carbocycles. The van der Waals surface area contributed by atoms with Crippen molar-refractivity contribution in [3.05, 3.63) is 29.8 Å². The van der Waals surface area contributed by atoms with Crippen molar-refractivity contribution in [1.29, 1.82) is 0 Å². The van der Waals surface area contributed by atoms with E-state index < -0.39 is 11.9 Å². The molecule has 2 fully saturated rings. The molecule has 0 unspecified atom stereocenters. The number of carbonyl (C=O) groups excluding carboxylic acids is 3. The van der Waals surface area contributed by atoms with Crippen molar-refractivity contribution in [3.63, 3.8) is 0 Å². The molecule has 1 aromatic heterocycles. The maximum Gasteiger partial charge on any atom is 0.325 e. The minimum Gasteiger partial charge on any atom is -0.340 e. The van der Waals surface area contributed by atoms with Crippen LogP contribution in [0.25, 0.3) is 11.0 Å². The highest BCUT2D eigenvalue weighted by atomic mass is 19.1. The van der Waals surface area contributed by atoms with E-state index in [1.54, 1.807) is 11.0 Å². The molecule has 2 saturated heterocycles. The second kappa shape index (κ2) is 6.40. The van der Waals surface area contributed by atoms with Gasteiger partial charge in [-0.1, -0.05) is 0 Å². The van der Waals surface area contributed by atoms with Gasteiger partial charge in [0.05, 0.1) is 23.6 Å². The van der Waals surface area contributed by atoms with Crippen molar-refractivity contribution in [2.24, 2.45) is 0 Å². The maximum atomic E-state index is 13.4. The molecule has 0 spiro atoms. The molecule has 0 radical (unpaired) electrons. The number of aromatic nitrogens is 2. The number of urea groups is 1. The number of hydrogen-bond donors (Lipinski definition) is 2. The number of hydrogen-bond acceptors (Lipinski definition) is 4. The molecule has 9 heteroatoms. The van der Waals surface area contributed by atoms with Crippen LogP contribution in [0.4, 0.5) is 9.18 Å². The molecule has 2 aliphatic heterocycles. The summed E-state index contributed by atoms with van der Waals surface area (Å²) in [5.74, 6) is -0.471. The van der Waals surface area contributed by atoms with Crippen LogP contribution >= 0.6 is 0 Å². The van der Waals surface area contributed by atoms with Crippen molar-refractivity contribution >= 4 is 28.9 Å². The number of amides is 4. The number of fused-ring (bicyclic) bond motifs is 1. The number of nitrogens with one attached hydrogen (secondary N) is 2. The molecule has 4 rings (SSSR count). The van der Waals surface area contributed by atoms with Gasteiger partial charge in [-0.2, -0.15) is 0 Å². The highest BCUT2D eigenvalue weighted by Crippen LogP contribution is 2.31. The smallest absolute Gasteiger partial charge is 0.325 e. The second-order valence-electron chi connectivity index (χ2n) is 6.52. The van der Waals surface area contributed by atoms with Crippen molar-refractivity contribution in [1.82, 2.24) is 25.1 Å². The second-order valence-corrected chi connectivity index (χ2v) is 6.52. The number of halogens is 1. The Kier molecular flexibility index (Phi) is 4.06. The van der Waals surface area contributed by atoms with E-state index in [-0.39, 0.29) is 30.9 Å². The van der Waals surface area contributed by atoms with Gasteiger partial charge >= 0.3 is 6.03 Å². The lowest BCUT2D eigenvalue weighted by Crippen LogP contribution is -2.46. The molecule has 1 aromatic carbocycles. The summed E-state index contributed by atoms with van der Waals surface area (Å²) in [4.78, 5) is 46.3.